The molecule has 1 N–H and O–H groups in total. The van der Waals surface area contributed by atoms with E-state index in [0.717, 1.165) is 26.4 Å². The fourth-order valence-corrected chi connectivity index (χ4v) is 3.86. The molecule has 0 aliphatic rings. The predicted molar refractivity (Wildman–Crippen MR) is 117 cm³/mol. The van der Waals surface area contributed by atoms with Gasteiger partial charge in [0.25, 0.3) is 0 Å². The minimum Gasteiger partial charge on any atom is -0.468 e. The molecule has 0 saturated heterocycles. The molecule has 156 valence electrons. The van der Waals surface area contributed by atoms with Crippen molar-refractivity contribution in [3.63, 3.8) is 0 Å². The summed E-state index contributed by atoms with van der Waals surface area (Å²) < 4.78 is 32.2. The van der Waals surface area contributed by atoms with E-state index in [1.54, 1.807) is 24.3 Å². The van der Waals surface area contributed by atoms with Gasteiger partial charge in [0.05, 0.1) is 19.4 Å². The number of sulfonamides is 1. The summed E-state index contributed by atoms with van der Waals surface area (Å²) in [5.74, 6) is 0.0665. The van der Waals surface area contributed by atoms with Crippen molar-refractivity contribution in [2.45, 2.75) is 20.0 Å². The molecule has 1 heterocycles. The maximum atomic E-state index is 12.9. The van der Waals surface area contributed by atoms with Crippen LogP contribution in [0.3, 0.4) is 0 Å². The van der Waals surface area contributed by atoms with Gasteiger partial charge >= 0.3 is 0 Å². The molecule has 3 aromatic rings. The van der Waals surface area contributed by atoms with E-state index >= 15 is 0 Å². The molecule has 0 aliphatic heterocycles. The Morgan fingerprint density at radius 1 is 1.03 bits per heavy atom. The molecule has 30 heavy (non-hydrogen) atoms. The minimum atomic E-state index is -3.85. The van der Waals surface area contributed by atoms with E-state index in [1.165, 1.54) is 12.3 Å². The molecular formula is C23H24N2O4S. The second-order valence-corrected chi connectivity index (χ2v) is 8.69. The molecule has 0 atom stereocenters. The van der Waals surface area contributed by atoms with Gasteiger partial charge in [-0.05, 0) is 36.3 Å². The van der Waals surface area contributed by atoms with Crippen LogP contribution in [0.4, 0.5) is 0 Å². The second-order valence-electron chi connectivity index (χ2n) is 6.87. The molecule has 0 bridgehead atoms. The molecule has 7 heteroatoms. The molecule has 1 aromatic heterocycles. The summed E-state index contributed by atoms with van der Waals surface area (Å²) in [5, 5.41) is 3.88. The number of nitrogens with zero attached hydrogens (tertiary/aromatic N) is 1. The van der Waals surface area contributed by atoms with Gasteiger partial charge < -0.3 is 9.73 Å². The molecule has 0 spiro atoms. The topological polar surface area (TPSA) is 79.6 Å². The fourth-order valence-electron chi connectivity index (χ4n) is 2.75. The van der Waals surface area contributed by atoms with Crippen LogP contribution in [0, 0.1) is 6.92 Å². The second kappa shape index (κ2) is 10.0. The van der Waals surface area contributed by atoms with E-state index in [9.17, 15) is 13.2 Å². The standard InChI is InChI=1S/C23H24N2O4S/c1-19-9-11-21(12-10-19)16-24-23(26)18-25(17-22-8-5-14-29-22)30(27,28)15-13-20-6-3-2-4-7-20/h2-15H,16-18H2,1H3,(H,24,26)/b15-13+. The van der Waals surface area contributed by atoms with Gasteiger partial charge in [0.2, 0.25) is 15.9 Å². The van der Waals surface area contributed by atoms with Crippen LogP contribution in [-0.4, -0.2) is 25.2 Å². The number of hydrogen-bond acceptors (Lipinski definition) is 4. The third-order valence-corrected chi connectivity index (χ3v) is 5.89. The Hall–Kier alpha value is -3.16. The molecule has 1 amide bonds. The van der Waals surface area contributed by atoms with Crippen LogP contribution >= 0.6 is 0 Å². The lowest BCUT2D eigenvalue weighted by Crippen LogP contribution is -2.39. The van der Waals surface area contributed by atoms with E-state index in [1.807, 2.05) is 49.4 Å². The van der Waals surface area contributed by atoms with Gasteiger partial charge in [-0.15, -0.1) is 0 Å². The quantitative estimate of drug-likeness (QED) is 0.568. The van der Waals surface area contributed by atoms with Crippen molar-refractivity contribution < 1.29 is 17.6 Å². The number of hydrogen-bond donors (Lipinski definition) is 1. The lowest BCUT2D eigenvalue weighted by molar-refractivity contribution is -0.121. The molecule has 2 aromatic carbocycles. The third-order valence-electron chi connectivity index (χ3n) is 4.43. The Morgan fingerprint density at radius 3 is 2.43 bits per heavy atom. The highest BCUT2D eigenvalue weighted by Gasteiger charge is 2.23. The van der Waals surface area contributed by atoms with Gasteiger partial charge in [0, 0.05) is 12.0 Å². The number of carbonyl (C=O) groups is 1. The number of nitrogens with one attached hydrogen (secondary N) is 1. The highest BCUT2D eigenvalue weighted by molar-refractivity contribution is 7.92. The summed E-state index contributed by atoms with van der Waals surface area (Å²) >= 11 is 0. The summed E-state index contributed by atoms with van der Waals surface area (Å²) in [4.78, 5) is 12.5. The van der Waals surface area contributed by atoms with E-state index in [2.05, 4.69) is 5.32 Å². The zero-order chi connectivity index (χ0) is 21.4. The van der Waals surface area contributed by atoms with E-state index < -0.39 is 10.0 Å². The minimum absolute atomic E-state index is 0.0353. The summed E-state index contributed by atoms with van der Waals surface area (Å²) in [6.45, 7) is 1.97. The number of aryl methyl sites for hydroxylation is 1. The maximum absolute atomic E-state index is 12.9. The van der Waals surface area contributed by atoms with Gasteiger partial charge in [-0.25, -0.2) is 8.42 Å². The number of rotatable bonds is 9. The van der Waals surface area contributed by atoms with Crippen molar-refractivity contribution in [1.82, 2.24) is 9.62 Å². The van der Waals surface area contributed by atoms with E-state index in [4.69, 9.17) is 4.42 Å². The molecule has 0 aliphatic carbocycles. The Labute approximate surface area is 176 Å². The van der Waals surface area contributed by atoms with Gasteiger partial charge in [-0.3, -0.25) is 4.79 Å². The largest absolute Gasteiger partial charge is 0.468 e. The van der Waals surface area contributed by atoms with Crippen molar-refractivity contribution in [2.24, 2.45) is 0 Å². The van der Waals surface area contributed by atoms with E-state index in [0.29, 0.717) is 12.3 Å². The summed E-state index contributed by atoms with van der Waals surface area (Å²) in [7, 11) is -3.85. The lowest BCUT2D eigenvalue weighted by atomic mass is 10.1. The van der Waals surface area contributed by atoms with Crippen LogP contribution in [-0.2, 0) is 27.9 Å². The maximum Gasteiger partial charge on any atom is 0.237 e. The number of amides is 1. The average molecular weight is 425 g/mol. The first-order valence-corrected chi connectivity index (χ1v) is 11.0. The van der Waals surface area contributed by atoms with Crippen LogP contribution in [0.15, 0.2) is 82.8 Å². The Kier molecular flexibility index (Phi) is 7.21. The Morgan fingerprint density at radius 2 is 1.77 bits per heavy atom. The number of furan rings is 1. The SMILES string of the molecule is Cc1ccc(CNC(=O)CN(Cc2ccco2)S(=O)(=O)/C=C/c2ccccc2)cc1. The highest BCUT2D eigenvalue weighted by atomic mass is 32.2. The summed E-state index contributed by atoms with van der Waals surface area (Å²) in [6.07, 6.45) is 2.98. The Balaban J connectivity index is 1.70. The smallest absolute Gasteiger partial charge is 0.237 e. The van der Waals surface area contributed by atoms with Crippen LogP contribution < -0.4 is 5.32 Å². The monoisotopic (exact) mass is 424 g/mol. The predicted octanol–water partition coefficient (Wildman–Crippen LogP) is 3.71. The highest BCUT2D eigenvalue weighted by Crippen LogP contribution is 2.13. The zero-order valence-electron chi connectivity index (χ0n) is 16.7. The third kappa shape index (κ3) is 6.43. The van der Waals surface area contributed by atoms with Crippen molar-refractivity contribution in [3.8, 4) is 0 Å². The summed E-state index contributed by atoms with van der Waals surface area (Å²) in [5.41, 5.74) is 2.83. The van der Waals surface area contributed by atoms with Crippen molar-refractivity contribution in [1.29, 1.82) is 0 Å². The van der Waals surface area contributed by atoms with Crippen molar-refractivity contribution >= 4 is 22.0 Å². The van der Waals surface area contributed by atoms with Crippen molar-refractivity contribution in [3.05, 3.63) is 101 Å². The van der Waals surface area contributed by atoms with Gasteiger partial charge in [-0.1, -0.05) is 60.2 Å². The van der Waals surface area contributed by atoms with Gasteiger partial charge in [-0.2, -0.15) is 4.31 Å². The lowest BCUT2D eigenvalue weighted by Gasteiger charge is -2.19. The fraction of sp³-hybridized carbons (Fsp3) is 0.174. The number of benzene rings is 2. The average Bonchev–Trinajstić information content (AvgIpc) is 3.25. The molecule has 3 rings (SSSR count). The first kappa shape index (κ1) is 21.5. The van der Waals surface area contributed by atoms with Crippen LogP contribution in [0.1, 0.15) is 22.5 Å². The molecule has 0 saturated carbocycles. The van der Waals surface area contributed by atoms with Crippen molar-refractivity contribution in [2.75, 3.05) is 6.54 Å². The first-order valence-electron chi connectivity index (χ1n) is 9.50. The molecule has 6 nitrogen and oxygen atoms in total. The summed E-state index contributed by atoms with van der Waals surface area (Å²) in [6, 6.07) is 20.2. The molecule has 0 radical (unpaired) electrons. The normalized spacial score (nSPS) is 11.8. The van der Waals surface area contributed by atoms with E-state index in [-0.39, 0.29) is 19.0 Å². The zero-order valence-corrected chi connectivity index (χ0v) is 17.5. The molecular weight excluding hydrogens is 400 g/mol. The van der Waals surface area contributed by atoms with Crippen LogP contribution in [0.25, 0.3) is 6.08 Å². The molecule has 0 fully saturated rings. The number of carbonyl (C=O) groups excluding carboxylic acids is 1. The Bertz CT molecular complexity index is 1070. The van der Waals surface area contributed by atoms with Gasteiger partial charge in [0.1, 0.15) is 5.76 Å². The molecule has 0 unspecified atom stereocenters. The van der Waals surface area contributed by atoms with Crippen LogP contribution in [0.2, 0.25) is 0 Å². The first-order chi connectivity index (χ1) is 14.4. The van der Waals surface area contributed by atoms with Crippen LogP contribution in [0.5, 0.6) is 0 Å². The van der Waals surface area contributed by atoms with Gasteiger partial charge in [0.15, 0.2) is 0 Å².